The van der Waals surface area contributed by atoms with Gasteiger partial charge in [-0.1, -0.05) is 26.2 Å². The van der Waals surface area contributed by atoms with Gasteiger partial charge in [0.15, 0.2) is 0 Å². The van der Waals surface area contributed by atoms with Crippen LogP contribution >= 0.6 is 11.3 Å². The highest BCUT2D eigenvalue weighted by Gasteiger charge is 2.30. The summed E-state index contributed by atoms with van der Waals surface area (Å²) < 4.78 is 27.1. The van der Waals surface area contributed by atoms with Crippen molar-refractivity contribution in [1.29, 1.82) is 0 Å². The first-order chi connectivity index (χ1) is 11.5. The Morgan fingerprint density at radius 1 is 1.21 bits per heavy atom. The molecule has 0 bridgehead atoms. The minimum Gasteiger partial charge on any atom is -0.349 e. The van der Waals surface area contributed by atoms with E-state index in [9.17, 15) is 13.2 Å². The Kier molecular flexibility index (Phi) is 5.62. The van der Waals surface area contributed by atoms with Gasteiger partial charge in [0.05, 0.1) is 9.77 Å². The first kappa shape index (κ1) is 17.9. The molecule has 2 aliphatic rings. The first-order valence-electron chi connectivity index (χ1n) is 8.86. The molecular formula is C17H26N2O3S2. The predicted molar refractivity (Wildman–Crippen MR) is 95.8 cm³/mol. The van der Waals surface area contributed by atoms with Crippen molar-refractivity contribution >= 4 is 27.3 Å². The van der Waals surface area contributed by atoms with E-state index in [4.69, 9.17) is 0 Å². The van der Waals surface area contributed by atoms with Crippen LogP contribution in [0, 0.1) is 5.92 Å². The number of carbonyl (C=O) groups is 1. The van der Waals surface area contributed by atoms with Gasteiger partial charge in [-0.25, -0.2) is 8.42 Å². The number of amides is 1. The summed E-state index contributed by atoms with van der Waals surface area (Å²) in [4.78, 5) is 13.1. The van der Waals surface area contributed by atoms with Crippen LogP contribution in [-0.4, -0.2) is 37.8 Å². The van der Waals surface area contributed by atoms with Crippen molar-refractivity contribution in [2.45, 2.75) is 62.8 Å². The summed E-state index contributed by atoms with van der Waals surface area (Å²) >= 11 is 1.22. The van der Waals surface area contributed by atoms with Gasteiger partial charge in [0.1, 0.15) is 0 Å². The fourth-order valence-electron chi connectivity index (χ4n) is 3.59. The number of piperidine rings is 1. The Labute approximate surface area is 148 Å². The molecule has 1 aromatic heterocycles. The molecule has 7 heteroatoms. The summed E-state index contributed by atoms with van der Waals surface area (Å²) in [6, 6.07) is 1.77. The maximum atomic E-state index is 12.8. The van der Waals surface area contributed by atoms with Crippen LogP contribution in [0.3, 0.4) is 0 Å². The average molecular weight is 371 g/mol. The van der Waals surface area contributed by atoms with E-state index in [1.165, 1.54) is 23.8 Å². The van der Waals surface area contributed by atoms with Gasteiger partial charge >= 0.3 is 0 Å². The number of carbonyl (C=O) groups excluding carboxylic acids is 1. The van der Waals surface area contributed by atoms with Crippen molar-refractivity contribution in [2.24, 2.45) is 5.92 Å². The molecule has 1 saturated carbocycles. The lowest BCUT2D eigenvalue weighted by atomic mass is 9.95. The smallest absolute Gasteiger partial charge is 0.261 e. The van der Waals surface area contributed by atoms with Gasteiger partial charge in [0.2, 0.25) is 10.0 Å². The number of hydrogen-bond donors (Lipinski definition) is 1. The van der Waals surface area contributed by atoms with Crippen molar-refractivity contribution in [3.05, 3.63) is 16.3 Å². The van der Waals surface area contributed by atoms with E-state index < -0.39 is 10.0 Å². The van der Waals surface area contributed by atoms with Crippen LogP contribution in [0.1, 0.15) is 61.5 Å². The lowest BCUT2D eigenvalue weighted by molar-refractivity contribution is 0.0931. The molecule has 0 radical (unpaired) electrons. The van der Waals surface area contributed by atoms with Crippen LogP contribution in [0.15, 0.2) is 16.3 Å². The Hall–Kier alpha value is -0.920. The Morgan fingerprint density at radius 2 is 1.96 bits per heavy atom. The Bertz CT molecular complexity index is 678. The zero-order valence-electron chi connectivity index (χ0n) is 14.2. The van der Waals surface area contributed by atoms with Crippen LogP contribution < -0.4 is 5.32 Å². The van der Waals surface area contributed by atoms with E-state index in [-0.39, 0.29) is 16.8 Å². The first-order valence-corrected chi connectivity index (χ1v) is 11.2. The van der Waals surface area contributed by atoms with Crippen molar-refractivity contribution in [3.63, 3.8) is 0 Å². The molecule has 1 saturated heterocycles. The van der Waals surface area contributed by atoms with Crippen LogP contribution in [0.4, 0.5) is 0 Å². The molecule has 2 fully saturated rings. The SMILES string of the molecule is CC1CCCN(S(=O)(=O)c2csc(C(=O)NC3CCCCC3)c2)C1. The maximum absolute atomic E-state index is 12.8. The van der Waals surface area contributed by atoms with Gasteiger partial charge in [-0.05, 0) is 37.7 Å². The number of nitrogens with one attached hydrogen (secondary N) is 1. The highest BCUT2D eigenvalue weighted by molar-refractivity contribution is 7.89. The van der Waals surface area contributed by atoms with Crippen molar-refractivity contribution in [1.82, 2.24) is 9.62 Å². The molecule has 134 valence electrons. The normalized spacial score (nSPS) is 24.0. The third-order valence-electron chi connectivity index (χ3n) is 5.00. The third-order valence-corrected chi connectivity index (χ3v) is 7.92. The molecule has 1 unspecified atom stereocenters. The van der Waals surface area contributed by atoms with Crippen molar-refractivity contribution < 1.29 is 13.2 Å². The summed E-state index contributed by atoms with van der Waals surface area (Å²) in [6.07, 6.45) is 7.57. The van der Waals surface area contributed by atoms with Crippen LogP contribution in [-0.2, 0) is 10.0 Å². The number of hydrogen-bond acceptors (Lipinski definition) is 4. The molecule has 5 nitrogen and oxygen atoms in total. The molecule has 2 heterocycles. The van der Waals surface area contributed by atoms with Gasteiger partial charge in [-0.3, -0.25) is 4.79 Å². The zero-order valence-corrected chi connectivity index (χ0v) is 15.8. The standard InChI is InChI=1S/C17H26N2O3S2/c1-13-6-5-9-19(11-13)24(21,22)15-10-16(23-12-15)17(20)18-14-7-3-2-4-8-14/h10,12-14H,2-9,11H2,1H3,(H,18,20). The molecule has 1 aliphatic carbocycles. The molecule has 1 aromatic rings. The molecule has 3 rings (SSSR count). The summed E-state index contributed by atoms with van der Waals surface area (Å²) in [5.41, 5.74) is 0. The van der Waals surface area contributed by atoms with Gasteiger partial charge in [0, 0.05) is 24.5 Å². The Balaban J connectivity index is 1.68. The predicted octanol–water partition coefficient (Wildman–Crippen LogP) is 3.23. The number of thiophene rings is 1. The topological polar surface area (TPSA) is 66.5 Å². The molecule has 0 aromatic carbocycles. The van der Waals surface area contributed by atoms with Crippen LogP contribution in [0.25, 0.3) is 0 Å². The quantitative estimate of drug-likeness (QED) is 0.885. The minimum absolute atomic E-state index is 0.139. The second kappa shape index (κ2) is 7.54. The van der Waals surface area contributed by atoms with E-state index in [1.807, 2.05) is 0 Å². The lowest BCUT2D eigenvalue weighted by Gasteiger charge is -2.29. The molecule has 1 aliphatic heterocycles. The number of nitrogens with zero attached hydrogens (tertiary/aromatic N) is 1. The molecule has 24 heavy (non-hydrogen) atoms. The molecule has 0 spiro atoms. The van der Waals surface area contributed by atoms with Gasteiger partial charge in [-0.2, -0.15) is 4.31 Å². The van der Waals surface area contributed by atoms with E-state index >= 15 is 0 Å². The fourth-order valence-corrected chi connectivity index (χ4v) is 6.35. The largest absolute Gasteiger partial charge is 0.349 e. The van der Waals surface area contributed by atoms with Crippen molar-refractivity contribution in [2.75, 3.05) is 13.1 Å². The minimum atomic E-state index is -3.48. The fraction of sp³-hybridized carbons (Fsp3) is 0.706. The molecule has 1 amide bonds. The molecule has 1 N–H and O–H groups in total. The summed E-state index contributed by atoms with van der Waals surface area (Å²) in [7, 11) is -3.48. The summed E-state index contributed by atoms with van der Waals surface area (Å²) in [6.45, 7) is 3.23. The van der Waals surface area contributed by atoms with E-state index in [0.29, 0.717) is 23.9 Å². The third kappa shape index (κ3) is 4.00. The van der Waals surface area contributed by atoms with E-state index in [1.54, 1.807) is 9.69 Å². The van der Waals surface area contributed by atoms with Gasteiger partial charge in [0.25, 0.3) is 5.91 Å². The lowest BCUT2D eigenvalue weighted by Crippen LogP contribution is -2.39. The zero-order chi connectivity index (χ0) is 17.2. The Morgan fingerprint density at radius 3 is 2.67 bits per heavy atom. The van der Waals surface area contributed by atoms with Crippen LogP contribution in [0.5, 0.6) is 0 Å². The average Bonchev–Trinajstić information content (AvgIpc) is 3.07. The van der Waals surface area contributed by atoms with Gasteiger partial charge in [-0.15, -0.1) is 11.3 Å². The molecule has 1 atom stereocenters. The number of rotatable bonds is 4. The van der Waals surface area contributed by atoms with E-state index in [0.717, 1.165) is 38.5 Å². The highest BCUT2D eigenvalue weighted by atomic mass is 32.2. The summed E-state index contributed by atoms with van der Waals surface area (Å²) in [5, 5.41) is 4.65. The second-order valence-corrected chi connectivity index (χ2v) is 9.91. The van der Waals surface area contributed by atoms with Crippen molar-refractivity contribution in [3.8, 4) is 0 Å². The van der Waals surface area contributed by atoms with Crippen LogP contribution in [0.2, 0.25) is 0 Å². The maximum Gasteiger partial charge on any atom is 0.261 e. The second-order valence-electron chi connectivity index (χ2n) is 7.07. The molecular weight excluding hydrogens is 344 g/mol. The highest BCUT2D eigenvalue weighted by Crippen LogP contribution is 2.27. The monoisotopic (exact) mass is 370 g/mol. The van der Waals surface area contributed by atoms with Gasteiger partial charge < -0.3 is 5.32 Å². The number of sulfonamides is 1. The van der Waals surface area contributed by atoms with E-state index in [2.05, 4.69) is 12.2 Å². The summed E-state index contributed by atoms with van der Waals surface area (Å²) in [5.74, 6) is 0.251.